The Morgan fingerprint density at radius 3 is 2.25 bits per heavy atom. The Hall–Kier alpha value is -1.85. The highest BCUT2D eigenvalue weighted by Crippen LogP contribution is 2.22. The maximum absolute atomic E-state index is 12.4. The van der Waals surface area contributed by atoms with Crippen LogP contribution in [0.3, 0.4) is 0 Å². The molecule has 2 rings (SSSR count). The smallest absolute Gasteiger partial charge is 0.262 e. The standard InChI is InChI=1S/C15H17NO3S/c1-2-12-7-3-5-9-14(12)16-20(18,19)15-10-6-4-8-13(15)11-17/h3-10,16-17H,2,11H2,1H3. The minimum absolute atomic E-state index is 0.105. The average Bonchev–Trinajstić information content (AvgIpc) is 2.47. The van der Waals surface area contributed by atoms with Crippen molar-refractivity contribution in [2.45, 2.75) is 24.8 Å². The van der Waals surface area contributed by atoms with Crippen molar-refractivity contribution in [2.24, 2.45) is 0 Å². The molecule has 0 heterocycles. The van der Waals surface area contributed by atoms with Crippen LogP contribution in [0.5, 0.6) is 0 Å². The minimum Gasteiger partial charge on any atom is -0.392 e. The van der Waals surface area contributed by atoms with Crippen LogP contribution in [0.25, 0.3) is 0 Å². The van der Waals surface area contributed by atoms with Crippen molar-refractivity contribution in [2.75, 3.05) is 4.72 Å². The quantitative estimate of drug-likeness (QED) is 0.889. The summed E-state index contributed by atoms with van der Waals surface area (Å²) in [6, 6.07) is 13.7. The first kappa shape index (κ1) is 14.6. The molecule has 5 heteroatoms. The summed E-state index contributed by atoms with van der Waals surface area (Å²) in [5, 5.41) is 9.26. The van der Waals surface area contributed by atoms with Gasteiger partial charge in [-0.25, -0.2) is 8.42 Å². The van der Waals surface area contributed by atoms with Gasteiger partial charge in [-0.1, -0.05) is 43.3 Å². The van der Waals surface area contributed by atoms with E-state index in [0.29, 0.717) is 11.3 Å². The SMILES string of the molecule is CCc1ccccc1NS(=O)(=O)c1ccccc1CO. The average molecular weight is 291 g/mol. The molecule has 0 saturated carbocycles. The summed E-state index contributed by atoms with van der Waals surface area (Å²) in [4.78, 5) is 0.105. The molecular formula is C15H17NO3S. The summed E-state index contributed by atoms with van der Waals surface area (Å²) in [6.07, 6.45) is 0.736. The first-order valence-corrected chi connectivity index (χ1v) is 7.86. The zero-order valence-corrected chi connectivity index (χ0v) is 12.0. The second-order valence-electron chi connectivity index (χ2n) is 4.38. The summed E-state index contributed by atoms with van der Waals surface area (Å²) >= 11 is 0. The molecule has 0 amide bonds. The molecule has 0 aliphatic carbocycles. The van der Waals surface area contributed by atoms with Crippen LogP contribution in [0.2, 0.25) is 0 Å². The highest BCUT2D eigenvalue weighted by atomic mass is 32.2. The second-order valence-corrected chi connectivity index (χ2v) is 6.03. The van der Waals surface area contributed by atoms with Crippen molar-refractivity contribution < 1.29 is 13.5 Å². The predicted octanol–water partition coefficient (Wildman–Crippen LogP) is 2.54. The first-order chi connectivity index (χ1) is 9.58. The number of sulfonamides is 1. The zero-order chi connectivity index (χ0) is 14.6. The molecule has 2 N–H and O–H groups in total. The number of hydrogen-bond donors (Lipinski definition) is 2. The summed E-state index contributed by atoms with van der Waals surface area (Å²) in [7, 11) is -3.70. The molecule has 0 fully saturated rings. The van der Waals surface area contributed by atoms with Gasteiger partial charge in [0.25, 0.3) is 10.0 Å². The van der Waals surface area contributed by atoms with E-state index < -0.39 is 10.0 Å². The van der Waals surface area contributed by atoms with Gasteiger partial charge in [0.2, 0.25) is 0 Å². The van der Waals surface area contributed by atoms with E-state index >= 15 is 0 Å². The van der Waals surface area contributed by atoms with Crippen molar-refractivity contribution in [3.8, 4) is 0 Å². The predicted molar refractivity (Wildman–Crippen MR) is 79.0 cm³/mol. The molecule has 0 unspecified atom stereocenters. The monoisotopic (exact) mass is 291 g/mol. The Bertz CT molecular complexity index is 696. The highest BCUT2D eigenvalue weighted by Gasteiger charge is 2.18. The second kappa shape index (κ2) is 6.07. The van der Waals surface area contributed by atoms with Crippen molar-refractivity contribution in [1.29, 1.82) is 0 Å². The fourth-order valence-corrected chi connectivity index (χ4v) is 3.36. The lowest BCUT2D eigenvalue weighted by molar-refractivity contribution is 0.278. The molecule has 0 bridgehead atoms. The summed E-state index contributed by atoms with van der Waals surface area (Å²) in [5.41, 5.74) is 1.88. The van der Waals surface area contributed by atoms with E-state index in [-0.39, 0.29) is 11.5 Å². The highest BCUT2D eigenvalue weighted by molar-refractivity contribution is 7.92. The van der Waals surface area contributed by atoms with Gasteiger partial charge in [0, 0.05) is 0 Å². The van der Waals surface area contributed by atoms with Crippen LogP contribution in [0, 0.1) is 0 Å². The first-order valence-electron chi connectivity index (χ1n) is 6.38. The van der Waals surface area contributed by atoms with E-state index in [1.807, 2.05) is 19.1 Å². The Kier molecular flexibility index (Phi) is 4.42. The molecule has 0 aliphatic rings. The Morgan fingerprint density at radius 2 is 1.60 bits per heavy atom. The number of benzene rings is 2. The van der Waals surface area contributed by atoms with Crippen LogP contribution < -0.4 is 4.72 Å². The van der Waals surface area contributed by atoms with Gasteiger partial charge in [-0.15, -0.1) is 0 Å². The number of anilines is 1. The number of aryl methyl sites for hydroxylation is 1. The zero-order valence-electron chi connectivity index (χ0n) is 11.2. The molecule has 0 aromatic heterocycles. The fourth-order valence-electron chi connectivity index (χ4n) is 2.02. The Balaban J connectivity index is 2.41. The van der Waals surface area contributed by atoms with Gasteiger partial charge in [-0.05, 0) is 29.7 Å². The number of aliphatic hydroxyl groups is 1. The number of nitrogens with one attached hydrogen (secondary N) is 1. The van der Waals surface area contributed by atoms with Gasteiger partial charge >= 0.3 is 0 Å². The largest absolute Gasteiger partial charge is 0.392 e. The van der Waals surface area contributed by atoms with Crippen LogP contribution in [0.4, 0.5) is 5.69 Å². The van der Waals surface area contributed by atoms with Gasteiger partial charge in [-0.2, -0.15) is 0 Å². The molecule has 0 aliphatic heterocycles. The van der Waals surface area contributed by atoms with Crippen molar-refractivity contribution in [1.82, 2.24) is 0 Å². The number of hydrogen-bond acceptors (Lipinski definition) is 3. The molecule has 106 valence electrons. The molecule has 2 aromatic carbocycles. The fraction of sp³-hybridized carbons (Fsp3) is 0.200. The van der Waals surface area contributed by atoms with Crippen LogP contribution in [0.15, 0.2) is 53.4 Å². The lowest BCUT2D eigenvalue weighted by Gasteiger charge is -2.13. The summed E-state index contributed by atoms with van der Waals surface area (Å²) in [5.74, 6) is 0. The molecule has 0 spiro atoms. The molecular weight excluding hydrogens is 274 g/mol. The van der Waals surface area contributed by atoms with Crippen molar-refractivity contribution in [3.05, 3.63) is 59.7 Å². The van der Waals surface area contributed by atoms with Gasteiger partial charge in [-0.3, -0.25) is 4.72 Å². The van der Waals surface area contributed by atoms with Crippen molar-refractivity contribution in [3.63, 3.8) is 0 Å². The van der Waals surface area contributed by atoms with Crippen LogP contribution in [-0.4, -0.2) is 13.5 Å². The van der Waals surface area contributed by atoms with E-state index in [1.165, 1.54) is 6.07 Å². The van der Waals surface area contributed by atoms with Crippen LogP contribution >= 0.6 is 0 Å². The lowest BCUT2D eigenvalue weighted by atomic mass is 10.1. The maximum Gasteiger partial charge on any atom is 0.262 e. The lowest BCUT2D eigenvalue weighted by Crippen LogP contribution is -2.16. The van der Waals surface area contributed by atoms with Gasteiger partial charge in [0.05, 0.1) is 17.2 Å². The minimum atomic E-state index is -3.70. The maximum atomic E-state index is 12.4. The molecule has 0 radical (unpaired) electrons. The molecule has 0 atom stereocenters. The van der Waals surface area contributed by atoms with E-state index in [0.717, 1.165) is 12.0 Å². The Labute approximate surface area is 119 Å². The Morgan fingerprint density at radius 1 is 1.00 bits per heavy atom. The van der Waals surface area contributed by atoms with Gasteiger partial charge < -0.3 is 5.11 Å². The topological polar surface area (TPSA) is 66.4 Å². The van der Waals surface area contributed by atoms with E-state index in [9.17, 15) is 13.5 Å². The van der Waals surface area contributed by atoms with Gasteiger partial charge in [0.1, 0.15) is 0 Å². The number of aliphatic hydroxyl groups excluding tert-OH is 1. The molecule has 4 nitrogen and oxygen atoms in total. The van der Waals surface area contributed by atoms with Crippen LogP contribution in [0.1, 0.15) is 18.1 Å². The third kappa shape index (κ3) is 3.00. The van der Waals surface area contributed by atoms with Crippen molar-refractivity contribution >= 4 is 15.7 Å². The molecule has 2 aromatic rings. The third-order valence-electron chi connectivity index (χ3n) is 3.08. The van der Waals surface area contributed by atoms with Crippen LogP contribution in [-0.2, 0) is 23.1 Å². The molecule has 0 saturated heterocycles. The number of rotatable bonds is 5. The normalized spacial score (nSPS) is 11.3. The summed E-state index contributed by atoms with van der Waals surface area (Å²) < 4.78 is 27.4. The molecule has 20 heavy (non-hydrogen) atoms. The summed E-state index contributed by atoms with van der Waals surface area (Å²) in [6.45, 7) is 1.65. The van der Waals surface area contributed by atoms with Gasteiger partial charge in [0.15, 0.2) is 0 Å². The van der Waals surface area contributed by atoms with E-state index in [1.54, 1.807) is 30.3 Å². The third-order valence-corrected chi connectivity index (χ3v) is 4.54. The van der Waals surface area contributed by atoms with E-state index in [2.05, 4.69) is 4.72 Å². The number of para-hydroxylation sites is 1. The van der Waals surface area contributed by atoms with E-state index in [4.69, 9.17) is 0 Å².